The lowest BCUT2D eigenvalue weighted by Crippen LogP contribution is -2.48. The van der Waals surface area contributed by atoms with Gasteiger partial charge >= 0.3 is 6.03 Å². The number of hydrogen-bond acceptors (Lipinski definition) is 4. The number of anilines is 1. The SMILES string of the molecule is CCOc1cccc(N(N)C(=O)N(C)N)c1CBr. The highest BCUT2D eigenvalue weighted by Gasteiger charge is 2.19. The Morgan fingerprint density at radius 3 is 2.61 bits per heavy atom. The highest BCUT2D eigenvalue weighted by atomic mass is 79.9. The van der Waals surface area contributed by atoms with E-state index in [4.69, 9.17) is 16.4 Å². The van der Waals surface area contributed by atoms with Crippen LogP contribution in [0.25, 0.3) is 0 Å². The Hall–Kier alpha value is -1.31. The topological polar surface area (TPSA) is 84.8 Å². The molecule has 1 aromatic carbocycles. The van der Waals surface area contributed by atoms with Crippen LogP contribution in [0.4, 0.5) is 10.5 Å². The lowest BCUT2D eigenvalue weighted by atomic mass is 10.1. The Labute approximate surface area is 115 Å². The molecule has 18 heavy (non-hydrogen) atoms. The molecule has 0 bridgehead atoms. The first-order valence-electron chi connectivity index (χ1n) is 5.40. The zero-order valence-corrected chi connectivity index (χ0v) is 12.0. The van der Waals surface area contributed by atoms with Crippen molar-refractivity contribution in [2.24, 2.45) is 11.7 Å². The minimum Gasteiger partial charge on any atom is -0.493 e. The summed E-state index contributed by atoms with van der Waals surface area (Å²) in [4.78, 5) is 11.7. The van der Waals surface area contributed by atoms with E-state index >= 15 is 0 Å². The van der Waals surface area contributed by atoms with Crippen molar-refractivity contribution in [3.05, 3.63) is 23.8 Å². The number of alkyl halides is 1. The number of nitrogens with two attached hydrogens (primary N) is 2. The molecule has 0 aliphatic rings. The van der Waals surface area contributed by atoms with Crippen LogP contribution >= 0.6 is 15.9 Å². The van der Waals surface area contributed by atoms with Gasteiger partial charge in [-0.2, -0.15) is 0 Å². The smallest absolute Gasteiger partial charge is 0.352 e. The fourth-order valence-electron chi connectivity index (χ4n) is 1.48. The third-order valence-electron chi connectivity index (χ3n) is 2.31. The average Bonchev–Trinajstić information content (AvgIpc) is 2.37. The van der Waals surface area contributed by atoms with Crippen LogP contribution in [0.1, 0.15) is 12.5 Å². The molecule has 6 nitrogen and oxygen atoms in total. The van der Waals surface area contributed by atoms with Crippen LogP contribution in [0.5, 0.6) is 5.75 Å². The van der Waals surface area contributed by atoms with Gasteiger partial charge in [-0.3, -0.25) is 5.01 Å². The third-order valence-corrected chi connectivity index (χ3v) is 2.87. The summed E-state index contributed by atoms with van der Waals surface area (Å²) in [5, 5.41) is 2.44. The van der Waals surface area contributed by atoms with E-state index in [1.165, 1.54) is 7.05 Å². The van der Waals surface area contributed by atoms with Crippen LogP contribution in [-0.4, -0.2) is 24.7 Å². The van der Waals surface area contributed by atoms with E-state index in [1.54, 1.807) is 12.1 Å². The molecule has 0 spiro atoms. The van der Waals surface area contributed by atoms with Gasteiger partial charge in [0.25, 0.3) is 0 Å². The van der Waals surface area contributed by atoms with E-state index in [0.29, 0.717) is 23.4 Å². The number of nitrogens with zero attached hydrogens (tertiary/aromatic N) is 2. The second-order valence-electron chi connectivity index (χ2n) is 3.58. The third kappa shape index (κ3) is 3.12. The van der Waals surface area contributed by atoms with Crippen molar-refractivity contribution in [2.75, 3.05) is 18.7 Å². The van der Waals surface area contributed by atoms with Gasteiger partial charge in [-0.25, -0.2) is 21.5 Å². The molecular weight excluding hydrogens is 300 g/mol. The highest BCUT2D eigenvalue weighted by molar-refractivity contribution is 9.08. The molecule has 0 aliphatic carbocycles. The average molecular weight is 317 g/mol. The number of halogens is 1. The van der Waals surface area contributed by atoms with Gasteiger partial charge < -0.3 is 4.74 Å². The number of ether oxygens (including phenoxy) is 1. The maximum absolute atomic E-state index is 11.7. The maximum atomic E-state index is 11.7. The van der Waals surface area contributed by atoms with E-state index in [1.807, 2.05) is 13.0 Å². The molecule has 0 atom stereocenters. The molecule has 2 amide bonds. The summed E-state index contributed by atoms with van der Waals surface area (Å²) in [7, 11) is 1.43. The van der Waals surface area contributed by atoms with Gasteiger partial charge in [0.1, 0.15) is 5.75 Å². The number of carbonyl (C=O) groups is 1. The fraction of sp³-hybridized carbons (Fsp3) is 0.364. The molecule has 100 valence electrons. The van der Waals surface area contributed by atoms with Crippen LogP contribution in [0.3, 0.4) is 0 Å². The Balaban J connectivity index is 3.15. The minimum absolute atomic E-state index is 0.508. The van der Waals surface area contributed by atoms with Crippen LogP contribution in [0.15, 0.2) is 18.2 Å². The standard InChI is InChI=1S/C11H17BrN4O2/c1-3-18-10-6-4-5-9(8(10)7-12)16(14)11(17)15(2)13/h4-6H,3,7,13-14H2,1-2H3. The van der Waals surface area contributed by atoms with Crippen molar-refractivity contribution in [1.82, 2.24) is 5.01 Å². The molecule has 0 aromatic heterocycles. The first-order chi connectivity index (χ1) is 8.52. The zero-order chi connectivity index (χ0) is 13.7. The van der Waals surface area contributed by atoms with Crippen molar-refractivity contribution in [3.8, 4) is 5.75 Å². The number of benzene rings is 1. The summed E-state index contributed by atoms with van der Waals surface area (Å²) in [6.45, 7) is 2.43. The van der Waals surface area contributed by atoms with Gasteiger partial charge in [-0.05, 0) is 19.1 Å². The van der Waals surface area contributed by atoms with E-state index in [9.17, 15) is 4.79 Å². The number of hydrogen-bond donors (Lipinski definition) is 2. The van der Waals surface area contributed by atoms with Crippen LogP contribution in [-0.2, 0) is 5.33 Å². The Morgan fingerprint density at radius 1 is 1.44 bits per heavy atom. The highest BCUT2D eigenvalue weighted by Crippen LogP contribution is 2.30. The van der Waals surface area contributed by atoms with E-state index in [2.05, 4.69) is 15.9 Å². The molecule has 7 heteroatoms. The van der Waals surface area contributed by atoms with Crippen LogP contribution in [0, 0.1) is 0 Å². The van der Waals surface area contributed by atoms with Gasteiger partial charge in [0.05, 0.1) is 12.3 Å². The molecule has 0 aliphatic heterocycles. The number of urea groups is 1. The van der Waals surface area contributed by atoms with Crippen molar-refractivity contribution >= 4 is 27.6 Å². The Kier molecular flexibility index (Phi) is 5.39. The van der Waals surface area contributed by atoms with E-state index < -0.39 is 6.03 Å². The van der Waals surface area contributed by atoms with Gasteiger partial charge in [-0.15, -0.1) is 0 Å². The van der Waals surface area contributed by atoms with Gasteiger partial charge in [0.2, 0.25) is 0 Å². The lowest BCUT2D eigenvalue weighted by Gasteiger charge is -2.23. The number of hydrazine groups is 2. The number of amides is 2. The first kappa shape index (κ1) is 14.7. The molecule has 1 rings (SSSR count). The summed E-state index contributed by atoms with van der Waals surface area (Å²) < 4.78 is 5.49. The van der Waals surface area contributed by atoms with Gasteiger partial charge in [0, 0.05) is 17.9 Å². The normalized spacial score (nSPS) is 10.1. The largest absolute Gasteiger partial charge is 0.493 e. The molecule has 1 aromatic rings. The second-order valence-corrected chi connectivity index (χ2v) is 4.14. The maximum Gasteiger partial charge on any atom is 0.352 e. The number of carbonyl (C=O) groups excluding carboxylic acids is 1. The minimum atomic E-state index is -0.508. The van der Waals surface area contributed by atoms with Crippen molar-refractivity contribution in [3.63, 3.8) is 0 Å². The Bertz CT molecular complexity index is 426. The summed E-state index contributed by atoms with van der Waals surface area (Å²) in [6, 6.07) is 4.83. The van der Waals surface area contributed by atoms with E-state index in [-0.39, 0.29) is 0 Å². The van der Waals surface area contributed by atoms with Crippen molar-refractivity contribution < 1.29 is 9.53 Å². The number of rotatable bonds is 4. The summed E-state index contributed by atoms with van der Waals surface area (Å²) in [5.74, 6) is 11.8. The molecule has 4 N–H and O–H groups in total. The summed E-state index contributed by atoms with van der Waals surface area (Å²) in [5.41, 5.74) is 1.36. The van der Waals surface area contributed by atoms with Crippen molar-refractivity contribution in [1.29, 1.82) is 0 Å². The Morgan fingerprint density at radius 2 is 2.11 bits per heavy atom. The predicted molar refractivity (Wildman–Crippen MR) is 74.3 cm³/mol. The molecule has 0 unspecified atom stereocenters. The quantitative estimate of drug-likeness (QED) is 0.382. The lowest BCUT2D eigenvalue weighted by molar-refractivity contribution is 0.216. The van der Waals surface area contributed by atoms with E-state index in [0.717, 1.165) is 15.6 Å². The van der Waals surface area contributed by atoms with Crippen LogP contribution in [0.2, 0.25) is 0 Å². The zero-order valence-electron chi connectivity index (χ0n) is 10.4. The molecule has 0 saturated heterocycles. The molecular formula is C11H17BrN4O2. The summed E-state index contributed by atoms with van der Waals surface area (Å²) >= 11 is 3.37. The molecule has 0 fully saturated rings. The fourth-order valence-corrected chi connectivity index (χ4v) is 2.04. The monoisotopic (exact) mass is 316 g/mol. The predicted octanol–water partition coefficient (Wildman–Crippen LogP) is 1.59. The van der Waals surface area contributed by atoms with Crippen LogP contribution < -0.4 is 21.4 Å². The van der Waals surface area contributed by atoms with Gasteiger partial charge in [0.15, 0.2) is 0 Å². The molecule has 0 saturated carbocycles. The second kappa shape index (κ2) is 6.58. The van der Waals surface area contributed by atoms with Gasteiger partial charge in [-0.1, -0.05) is 22.0 Å². The first-order valence-corrected chi connectivity index (χ1v) is 6.52. The molecule has 0 heterocycles. The molecule has 0 radical (unpaired) electrons. The summed E-state index contributed by atoms with van der Waals surface area (Å²) in [6.07, 6.45) is 0. The van der Waals surface area contributed by atoms with Crippen molar-refractivity contribution in [2.45, 2.75) is 12.3 Å².